The molecule has 136 valence electrons. The van der Waals surface area contributed by atoms with Crippen LogP contribution in [0.4, 0.5) is 0 Å². The molecule has 0 aromatic heterocycles. The molecular weight excluding hydrogens is 376 g/mol. The highest BCUT2D eigenvalue weighted by molar-refractivity contribution is 8.18. The minimum Gasteiger partial charge on any atom is -0.466 e. The summed E-state index contributed by atoms with van der Waals surface area (Å²) in [5.74, 6) is -0.931. The van der Waals surface area contributed by atoms with Gasteiger partial charge in [0.1, 0.15) is 4.91 Å². The Balaban J connectivity index is 2.23. The van der Waals surface area contributed by atoms with Crippen LogP contribution in [0.5, 0.6) is 0 Å². The van der Waals surface area contributed by atoms with Gasteiger partial charge in [0.2, 0.25) is 0 Å². The Hall–Kier alpha value is -2.25. The number of halogens is 1. The monoisotopic (exact) mass is 392 g/mol. The third kappa shape index (κ3) is 2.91. The molecule has 0 bridgehead atoms. The largest absolute Gasteiger partial charge is 0.466 e. The summed E-state index contributed by atoms with van der Waals surface area (Å²) in [5, 5.41) is 1.11. The van der Waals surface area contributed by atoms with Gasteiger partial charge in [-0.3, -0.25) is 0 Å². The van der Waals surface area contributed by atoms with Gasteiger partial charge >= 0.3 is 11.9 Å². The summed E-state index contributed by atoms with van der Waals surface area (Å²) in [6.45, 7) is 3.54. The quantitative estimate of drug-likeness (QED) is 0.731. The van der Waals surface area contributed by atoms with Gasteiger partial charge in [-0.1, -0.05) is 29.8 Å². The van der Waals surface area contributed by atoms with Crippen molar-refractivity contribution in [3.8, 4) is 0 Å². The lowest BCUT2D eigenvalue weighted by Crippen LogP contribution is -2.36. The van der Waals surface area contributed by atoms with Crippen LogP contribution in [0.2, 0.25) is 5.02 Å². The van der Waals surface area contributed by atoms with Crippen molar-refractivity contribution < 1.29 is 19.1 Å². The van der Waals surface area contributed by atoms with E-state index in [0.29, 0.717) is 32.1 Å². The molecule has 2 aliphatic rings. The molecule has 26 heavy (non-hydrogen) atoms. The lowest BCUT2D eigenvalue weighted by molar-refractivity contribution is -0.137. The van der Waals surface area contributed by atoms with Crippen molar-refractivity contribution in [1.82, 2.24) is 4.90 Å². The van der Waals surface area contributed by atoms with Crippen molar-refractivity contribution in [2.75, 3.05) is 14.2 Å². The molecular formula is C18H17ClN2O4S. The molecule has 0 spiro atoms. The maximum Gasteiger partial charge on any atom is 0.346 e. The third-order valence-corrected chi connectivity index (χ3v) is 5.73. The smallest absolute Gasteiger partial charge is 0.346 e. The fourth-order valence-electron chi connectivity index (χ4n) is 3.02. The van der Waals surface area contributed by atoms with E-state index in [4.69, 9.17) is 21.1 Å². The van der Waals surface area contributed by atoms with Gasteiger partial charge in [0.05, 0.1) is 31.5 Å². The summed E-state index contributed by atoms with van der Waals surface area (Å²) in [5.41, 5.74) is 2.29. The predicted octanol–water partition coefficient (Wildman–Crippen LogP) is 3.65. The Kier molecular flexibility index (Phi) is 5.11. The Morgan fingerprint density at radius 2 is 1.81 bits per heavy atom. The fourth-order valence-corrected chi connectivity index (χ4v) is 4.38. The first-order valence-corrected chi connectivity index (χ1v) is 8.98. The molecule has 3 rings (SSSR count). The number of ether oxygens (including phenoxy) is 2. The lowest BCUT2D eigenvalue weighted by Gasteiger charge is -2.35. The Labute approximate surface area is 160 Å². The second kappa shape index (κ2) is 7.17. The zero-order valence-electron chi connectivity index (χ0n) is 14.7. The van der Waals surface area contributed by atoms with Gasteiger partial charge in [-0.25, -0.2) is 14.6 Å². The molecule has 0 aliphatic carbocycles. The molecule has 0 N–H and O–H groups in total. The minimum atomic E-state index is -0.543. The molecule has 2 heterocycles. The highest BCUT2D eigenvalue weighted by Crippen LogP contribution is 2.48. The molecule has 6 nitrogen and oxygen atoms in total. The zero-order chi connectivity index (χ0) is 19.0. The van der Waals surface area contributed by atoms with Crippen LogP contribution >= 0.6 is 23.4 Å². The average Bonchev–Trinajstić information content (AvgIpc) is 2.96. The molecule has 8 heteroatoms. The third-order valence-electron chi connectivity index (χ3n) is 4.25. The normalized spacial score (nSPS) is 19.3. The van der Waals surface area contributed by atoms with Crippen molar-refractivity contribution in [3.63, 3.8) is 0 Å². The molecule has 0 unspecified atom stereocenters. The number of amidine groups is 1. The number of methoxy groups -OCH3 is 2. The van der Waals surface area contributed by atoms with Crippen molar-refractivity contribution in [2.45, 2.75) is 19.9 Å². The molecule has 1 atom stereocenters. The van der Waals surface area contributed by atoms with Crippen molar-refractivity contribution >= 4 is 40.5 Å². The molecule has 0 saturated carbocycles. The van der Waals surface area contributed by atoms with Gasteiger partial charge in [-0.15, -0.1) is 0 Å². The van der Waals surface area contributed by atoms with Crippen LogP contribution < -0.4 is 0 Å². The molecule has 2 aliphatic heterocycles. The lowest BCUT2D eigenvalue weighted by atomic mass is 9.94. The van der Waals surface area contributed by atoms with E-state index in [-0.39, 0.29) is 0 Å². The van der Waals surface area contributed by atoms with Gasteiger partial charge in [-0.2, -0.15) is 0 Å². The number of allylic oxidation sites excluding steroid dienone is 2. The number of hydrogen-bond acceptors (Lipinski definition) is 7. The number of rotatable bonds is 3. The summed E-state index contributed by atoms with van der Waals surface area (Å²) in [7, 11) is 2.66. The van der Waals surface area contributed by atoms with Crippen molar-refractivity contribution in [2.24, 2.45) is 4.99 Å². The minimum absolute atomic E-state index is 0.385. The molecule has 0 radical (unpaired) electrons. The number of nitrogens with zero attached hydrogens (tertiary/aromatic N) is 2. The Bertz CT molecular complexity index is 891. The molecule has 0 fully saturated rings. The van der Waals surface area contributed by atoms with Crippen LogP contribution in [0, 0.1) is 0 Å². The standard InChI is InChI=1S/C18H17ClN2O4S/c1-9-13(16(22)24-3)14(11-7-5-6-8-12(11)19)21-10(2)15(17(23)25-4)26-18(21)20-9/h5-8,14H,1-4H3/t14-/m1/s1. The van der Waals surface area contributed by atoms with Crippen LogP contribution in [0.1, 0.15) is 25.5 Å². The highest BCUT2D eigenvalue weighted by atomic mass is 35.5. The summed E-state index contributed by atoms with van der Waals surface area (Å²) < 4.78 is 9.85. The van der Waals surface area contributed by atoms with Crippen molar-refractivity contribution in [1.29, 1.82) is 0 Å². The number of carbonyl (C=O) groups is 2. The molecule has 0 saturated heterocycles. The molecule has 1 aromatic carbocycles. The first-order valence-electron chi connectivity index (χ1n) is 7.79. The summed E-state index contributed by atoms with van der Waals surface area (Å²) in [4.78, 5) is 31.4. The van der Waals surface area contributed by atoms with E-state index in [1.54, 1.807) is 19.9 Å². The van der Waals surface area contributed by atoms with Crippen LogP contribution in [-0.4, -0.2) is 36.2 Å². The number of carbonyl (C=O) groups excluding carboxylic acids is 2. The van der Waals surface area contributed by atoms with Gasteiger partial charge in [0.25, 0.3) is 0 Å². The first kappa shape index (κ1) is 18.5. The number of esters is 2. The van der Waals surface area contributed by atoms with E-state index in [1.165, 1.54) is 26.0 Å². The number of thioether (sulfide) groups is 1. The second-order valence-corrected chi connectivity index (χ2v) is 7.07. The highest BCUT2D eigenvalue weighted by Gasteiger charge is 2.43. The maximum atomic E-state index is 12.5. The Morgan fingerprint density at radius 1 is 1.15 bits per heavy atom. The van der Waals surface area contributed by atoms with E-state index < -0.39 is 18.0 Å². The van der Waals surface area contributed by atoms with Gasteiger partial charge in [-0.05, 0) is 37.2 Å². The van der Waals surface area contributed by atoms with Crippen LogP contribution in [0.25, 0.3) is 0 Å². The average molecular weight is 393 g/mol. The van der Waals surface area contributed by atoms with Gasteiger partial charge in [0.15, 0.2) is 5.17 Å². The first-order chi connectivity index (χ1) is 12.4. The van der Waals surface area contributed by atoms with E-state index in [2.05, 4.69) is 4.99 Å². The summed E-state index contributed by atoms with van der Waals surface area (Å²) in [6, 6.07) is 6.73. The molecule has 0 amide bonds. The predicted molar refractivity (Wildman–Crippen MR) is 100 cm³/mol. The topological polar surface area (TPSA) is 68.2 Å². The SMILES string of the molecule is COC(=O)C1=C(C)N2C(=NC(C)=C(C(=O)OC)[C@H]2c2ccccc2Cl)S1. The van der Waals surface area contributed by atoms with Crippen molar-refractivity contribution in [3.05, 3.63) is 56.7 Å². The summed E-state index contributed by atoms with van der Waals surface area (Å²) in [6.07, 6.45) is 0. The van der Waals surface area contributed by atoms with Crippen LogP contribution in [0.15, 0.2) is 51.1 Å². The van der Waals surface area contributed by atoms with E-state index in [1.807, 2.05) is 23.1 Å². The number of aliphatic imine (C=N–C) groups is 1. The van der Waals surface area contributed by atoms with E-state index >= 15 is 0 Å². The van der Waals surface area contributed by atoms with Gasteiger partial charge < -0.3 is 14.4 Å². The van der Waals surface area contributed by atoms with Crippen LogP contribution in [-0.2, 0) is 19.1 Å². The summed E-state index contributed by atoms with van der Waals surface area (Å²) >= 11 is 7.64. The number of hydrogen-bond donors (Lipinski definition) is 0. The number of benzene rings is 1. The number of fused-ring (bicyclic) bond motifs is 1. The zero-order valence-corrected chi connectivity index (χ0v) is 16.3. The van der Waals surface area contributed by atoms with Gasteiger partial charge in [0, 0.05) is 10.7 Å². The molecule has 1 aromatic rings. The maximum absolute atomic E-state index is 12.5. The Morgan fingerprint density at radius 3 is 2.42 bits per heavy atom. The second-order valence-electron chi connectivity index (χ2n) is 5.69. The van der Waals surface area contributed by atoms with E-state index in [9.17, 15) is 9.59 Å². The fraction of sp³-hybridized carbons (Fsp3) is 0.278. The van der Waals surface area contributed by atoms with E-state index in [0.717, 1.165) is 5.56 Å². The van der Waals surface area contributed by atoms with Crippen LogP contribution in [0.3, 0.4) is 0 Å².